The number of rotatable bonds is 5. The topological polar surface area (TPSA) is 3.24 Å². The first kappa shape index (κ1) is 10.9. The molecule has 0 rings (SSSR count). The zero-order valence-electron chi connectivity index (χ0n) is 8.00. The molecule has 0 aliphatic heterocycles. The first-order valence-corrected chi connectivity index (χ1v) is 4.80. The molecule has 0 aromatic rings. The maximum absolute atomic E-state index is 4.90. The Morgan fingerprint density at radius 3 is 2.18 bits per heavy atom. The lowest BCUT2D eigenvalue weighted by Gasteiger charge is -2.26. The third kappa shape index (κ3) is 4.35. The van der Waals surface area contributed by atoms with Crippen molar-refractivity contribution in [3.63, 3.8) is 0 Å². The van der Waals surface area contributed by atoms with Crippen LogP contribution in [-0.4, -0.2) is 23.0 Å². The van der Waals surface area contributed by atoms with E-state index in [9.17, 15) is 0 Å². The van der Waals surface area contributed by atoms with Gasteiger partial charge in [-0.2, -0.15) is 0 Å². The molecule has 0 aliphatic carbocycles. The fraction of sp³-hybridized carbons (Fsp3) is 0.889. The maximum Gasteiger partial charge on any atom is 0.0643 e. The van der Waals surface area contributed by atoms with Crippen LogP contribution in [0.4, 0.5) is 0 Å². The van der Waals surface area contributed by atoms with Crippen LogP contribution in [0.15, 0.2) is 0 Å². The van der Waals surface area contributed by atoms with E-state index >= 15 is 0 Å². The van der Waals surface area contributed by atoms with E-state index in [1.54, 1.807) is 5.49 Å². The molecule has 66 valence electrons. The summed E-state index contributed by atoms with van der Waals surface area (Å²) in [6, 6.07) is 0.595. The zero-order chi connectivity index (χ0) is 8.85. The third-order valence-electron chi connectivity index (χ3n) is 1.88. The first-order chi connectivity index (χ1) is 5.11. The summed E-state index contributed by atoms with van der Waals surface area (Å²) in [5.41, 5.74) is 1.77. The predicted molar refractivity (Wildman–Crippen MR) is 55.0 cm³/mol. The molecule has 0 N–H and O–H groups in total. The van der Waals surface area contributed by atoms with Crippen LogP contribution < -0.4 is 0 Å². The summed E-state index contributed by atoms with van der Waals surface area (Å²) in [4.78, 5) is 2.20. The summed E-state index contributed by atoms with van der Waals surface area (Å²) in [5, 5.41) is 0. The highest BCUT2D eigenvalue weighted by atomic mass is 32.1. The number of nitrogens with zero attached hydrogens (tertiary/aromatic N) is 1. The fourth-order valence-corrected chi connectivity index (χ4v) is 1.66. The molecule has 0 saturated carbocycles. The Bertz CT molecular complexity index is 112. The van der Waals surface area contributed by atoms with E-state index < -0.39 is 0 Å². The lowest BCUT2D eigenvalue weighted by Crippen LogP contribution is -2.31. The van der Waals surface area contributed by atoms with E-state index in [-0.39, 0.29) is 0 Å². The first-order valence-electron chi connectivity index (χ1n) is 4.32. The number of hydrogen-bond acceptors (Lipinski definition) is 1. The maximum atomic E-state index is 4.90. The average Bonchev–Trinajstić information content (AvgIpc) is 1.88. The van der Waals surface area contributed by atoms with Gasteiger partial charge in [-0.15, -0.1) is 0 Å². The molecule has 0 amide bonds. The predicted octanol–water partition coefficient (Wildman–Crippen LogP) is 2.70. The van der Waals surface area contributed by atoms with Crippen molar-refractivity contribution < 1.29 is 0 Å². The van der Waals surface area contributed by atoms with Gasteiger partial charge in [-0.05, 0) is 26.2 Å². The van der Waals surface area contributed by atoms with Gasteiger partial charge in [0.25, 0.3) is 0 Å². The molecule has 0 aromatic heterocycles. The van der Waals surface area contributed by atoms with Gasteiger partial charge < -0.3 is 4.90 Å². The van der Waals surface area contributed by atoms with E-state index in [0.717, 1.165) is 12.5 Å². The molecule has 11 heavy (non-hydrogen) atoms. The van der Waals surface area contributed by atoms with Gasteiger partial charge in [-0.3, -0.25) is 0 Å². The summed E-state index contributed by atoms with van der Waals surface area (Å²) in [5.74, 6) is 0.758. The normalized spacial score (nSPS) is 13.2. The van der Waals surface area contributed by atoms with Crippen LogP contribution in [0.3, 0.4) is 0 Å². The van der Waals surface area contributed by atoms with Crippen molar-refractivity contribution in [1.82, 2.24) is 4.90 Å². The Morgan fingerprint density at radius 2 is 1.91 bits per heavy atom. The molecule has 0 bridgehead atoms. The fourth-order valence-electron chi connectivity index (χ4n) is 1.31. The van der Waals surface area contributed by atoms with E-state index in [1.165, 1.54) is 6.42 Å². The van der Waals surface area contributed by atoms with E-state index in [4.69, 9.17) is 12.2 Å². The van der Waals surface area contributed by atoms with Crippen molar-refractivity contribution in [3.05, 3.63) is 0 Å². The second kappa shape index (κ2) is 5.53. The molecule has 1 unspecified atom stereocenters. The van der Waals surface area contributed by atoms with Crippen molar-refractivity contribution in [2.45, 2.75) is 40.2 Å². The molecule has 0 saturated heterocycles. The Hall–Kier alpha value is -0.110. The van der Waals surface area contributed by atoms with Crippen molar-refractivity contribution >= 4 is 17.7 Å². The summed E-state index contributed by atoms with van der Waals surface area (Å²) >= 11 is 4.90. The molecule has 0 radical (unpaired) electrons. The molecule has 0 fully saturated rings. The molecule has 0 aliphatic rings. The van der Waals surface area contributed by atoms with Gasteiger partial charge in [0.1, 0.15) is 0 Å². The summed E-state index contributed by atoms with van der Waals surface area (Å²) < 4.78 is 0. The van der Waals surface area contributed by atoms with Gasteiger partial charge in [0.15, 0.2) is 0 Å². The molecular weight excluding hydrogens is 154 g/mol. The van der Waals surface area contributed by atoms with Crippen molar-refractivity contribution in [2.75, 3.05) is 6.54 Å². The Balaban J connectivity index is 3.78. The molecule has 1 atom stereocenters. The lowest BCUT2D eigenvalue weighted by molar-refractivity contribution is 0.311. The van der Waals surface area contributed by atoms with Crippen LogP contribution in [-0.2, 0) is 0 Å². The summed E-state index contributed by atoms with van der Waals surface area (Å²) in [6.07, 6.45) is 1.22. The zero-order valence-corrected chi connectivity index (χ0v) is 8.82. The smallest absolute Gasteiger partial charge is 0.0643 e. The van der Waals surface area contributed by atoms with E-state index in [1.807, 2.05) is 0 Å². The van der Waals surface area contributed by atoms with Gasteiger partial charge in [0.05, 0.1) is 5.49 Å². The van der Waals surface area contributed by atoms with Crippen LogP contribution in [0.1, 0.15) is 34.1 Å². The second-order valence-electron chi connectivity index (χ2n) is 3.41. The van der Waals surface area contributed by atoms with Crippen LogP contribution in [0.25, 0.3) is 0 Å². The Kier molecular flexibility index (Phi) is 5.47. The van der Waals surface area contributed by atoms with Gasteiger partial charge in [0.2, 0.25) is 0 Å². The number of thiocarbonyl (C=S) groups is 1. The van der Waals surface area contributed by atoms with Crippen molar-refractivity contribution in [3.8, 4) is 0 Å². The molecule has 0 heterocycles. The molecular formula is C9H19NS. The highest BCUT2D eigenvalue weighted by molar-refractivity contribution is 7.78. The quantitative estimate of drug-likeness (QED) is 0.588. The van der Waals surface area contributed by atoms with Crippen LogP contribution in [0, 0.1) is 5.92 Å². The number of hydrogen-bond donors (Lipinski definition) is 0. The van der Waals surface area contributed by atoms with Crippen molar-refractivity contribution in [1.29, 1.82) is 0 Å². The van der Waals surface area contributed by atoms with Crippen LogP contribution >= 0.6 is 12.2 Å². The van der Waals surface area contributed by atoms with Crippen LogP contribution in [0.2, 0.25) is 0 Å². The van der Waals surface area contributed by atoms with Gasteiger partial charge in [-0.1, -0.05) is 26.1 Å². The van der Waals surface area contributed by atoms with Gasteiger partial charge >= 0.3 is 0 Å². The third-order valence-corrected chi connectivity index (χ3v) is 2.15. The van der Waals surface area contributed by atoms with Crippen LogP contribution in [0.5, 0.6) is 0 Å². The average molecular weight is 173 g/mol. The van der Waals surface area contributed by atoms with Crippen molar-refractivity contribution in [2.24, 2.45) is 5.92 Å². The largest absolute Gasteiger partial charge is 0.366 e. The molecule has 0 aromatic carbocycles. The molecule has 0 spiro atoms. The Morgan fingerprint density at radius 1 is 1.36 bits per heavy atom. The van der Waals surface area contributed by atoms with E-state index in [0.29, 0.717) is 6.04 Å². The highest BCUT2D eigenvalue weighted by Crippen LogP contribution is 2.09. The minimum absolute atomic E-state index is 0.595. The van der Waals surface area contributed by atoms with Gasteiger partial charge in [-0.25, -0.2) is 0 Å². The standard InChI is InChI=1S/C9H19NS/c1-5-10(7-11)9(4)6-8(2)3/h7-9H,5-6H2,1-4H3. The monoisotopic (exact) mass is 173 g/mol. The minimum atomic E-state index is 0.595. The Labute approximate surface area is 75.8 Å². The summed E-state index contributed by atoms with van der Waals surface area (Å²) in [7, 11) is 0. The summed E-state index contributed by atoms with van der Waals surface area (Å²) in [6.45, 7) is 9.88. The molecule has 1 nitrogen and oxygen atoms in total. The molecule has 2 heteroatoms. The van der Waals surface area contributed by atoms with Gasteiger partial charge in [0, 0.05) is 12.6 Å². The lowest BCUT2D eigenvalue weighted by atomic mass is 10.0. The second-order valence-corrected chi connectivity index (χ2v) is 3.63. The SMILES string of the molecule is CCN(C=S)C(C)CC(C)C. The van der Waals surface area contributed by atoms with E-state index in [2.05, 4.69) is 32.6 Å². The minimum Gasteiger partial charge on any atom is -0.366 e. The highest BCUT2D eigenvalue weighted by Gasteiger charge is 2.09.